The molecule has 2 N–H and O–H groups in total. The summed E-state index contributed by atoms with van der Waals surface area (Å²) in [6.45, 7) is 0.403. The molecule has 0 aliphatic heterocycles. The summed E-state index contributed by atoms with van der Waals surface area (Å²) in [4.78, 5) is 11.5. The number of aromatic nitrogens is 1. The van der Waals surface area contributed by atoms with E-state index in [-0.39, 0.29) is 0 Å². The lowest BCUT2D eigenvalue weighted by Gasteiger charge is -2.12. The van der Waals surface area contributed by atoms with Gasteiger partial charge in [0.2, 0.25) is 0 Å². The average molecular weight is 268 g/mol. The number of nitrogens with two attached hydrogens (primary N) is 1. The summed E-state index contributed by atoms with van der Waals surface area (Å²) in [5.74, 6) is -0.396. The molecular formula is C16H16N2O2. The Morgan fingerprint density at radius 1 is 1.10 bits per heavy atom. The molecule has 0 amide bonds. The molecule has 4 heteroatoms. The van der Waals surface area contributed by atoms with Gasteiger partial charge in [-0.15, -0.1) is 0 Å². The minimum atomic E-state index is -0.667. The molecule has 4 nitrogen and oxygen atoms in total. The lowest BCUT2D eigenvalue weighted by Crippen LogP contribution is -2.35. The third-order valence-corrected chi connectivity index (χ3v) is 3.56. The van der Waals surface area contributed by atoms with Gasteiger partial charge in [-0.05, 0) is 12.1 Å². The van der Waals surface area contributed by atoms with Crippen LogP contribution in [0.1, 0.15) is 0 Å². The number of ether oxygens (including phenoxy) is 1. The lowest BCUT2D eigenvalue weighted by molar-refractivity contribution is -0.142. The van der Waals surface area contributed by atoms with Gasteiger partial charge < -0.3 is 15.0 Å². The van der Waals surface area contributed by atoms with Crippen molar-refractivity contribution in [3.63, 3.8) is 0 Å². The highest BCUT2D eigenvalue weighted by Crippen LogP contribution is 2.28. The number of benzene rings is 2. The van der Waals surface area contributed by atoms with Gasteiger partial charge in [-0.3, -0.25) is 4.79 Å². The van der Waals surface area contributed by atoms with Crippen LogP contribution >= 0.6 is 0 Å². The Hall–Kier alpha value is -2.33. The zero-order valence-corrected chi connectivity index (χ0v) is 11.2. The first-order valence-corrected chi connectivity index (χ1v) is 6.51. The van der Waals surface area contributed by atoms with Crippen LogP contribution in [0.3, 0.4) is 0 Å². The number of carbonyl (C=O) groups excluding carboxylic acids is 1. The molecule has 1 aromatic heterocycles. The molecule has 102 valence electrons. The molecule has 0 aliphatic rings. The first kappa shape index (κ1) is 12.7. The van der Waals surface area contributed by atoms with Crippen LogP contribution in [0.4, 0.5) is 0 Å². The normalized spacial score (nSPS) is 12.7. The summed E-state index contributed by atoms with van der Waals surface area (Å²) in [6, 6.07) is 15.6. The highest BCUT2D eigenvalue weighted by Gasteiger charge is 2.17. The molecule has 0 aliphatic carbocycles. The van der Waals surface area contributed by atoms with Crippen LogP contribution in [0, 0.1) is 0 Å². The summed E-state index contributed by atoms with van der Waals surface area (Å²) >= 11 is 0. The van der Waals surface area contributed by atoms with Crippen molar-refractivity contribution in [1.82, 2.24) is 4.57 Å². The van der Waals surface area contributed by atoms with Gasteiger partial charge in [0.1, 0.15) is 6.04 Å². The van der Waals surface area contributed by atoms with Crippen molar-refractivity contribution in [3.05, 3.63) is 48.5 Å². The Morgan fingerprint density at radius 2 is 1.60 bits per heavy atom. The summed E-state index contributed by atoms with van der Waals surface area (Å²) in [5.41, 5.74) is 8.06. The minimum Gasteiger partial charge on any atom is -0.468 e. The first-order chi connectivity index (χ1) is 9.72. The molecule has 3 aromatic rings. The van der Waals surface area contributed by atoms with Crippen LogP contribution in [0.2, 0.25) is 0 Å². The zero-order valence-electron chi connectivity index (χ0n) is 11.2. The third kappa shape index (κ3) is 1.94. The van der Waals surface area contributed by atoms with Crippen LogP contribution in [0.15, 0.2) is 48.5 Å². The fraction of sp³-hybridized carbons (Fsp3) is 0.188. The van der Waals surface area contributed by atoms with E-state index in [0.717, 1.165) is 11.0 Å². The molecule has 0 fully saturated rings. The monoisotopic (exact) mass is 268 g/mol. The second-order valence-electron chi connectivity index (χ2n) is 4.77. The van der Waals surface area contributed by atoms with E-state index in [1.54, 1.807) is 0 Å². The number of fused-ring (bicyclic) bond motifs is 3. The number of para-hydroxylation sites is 2. The number of hydrogen-bond acceptors (Lipinski definition) is 3. The van der Waals surface area contributed by atoms with Crippen molar-refractivity contribution in [2.45, 2.75) is 12.6 Å². The maximum Gasteiger partial charge on any atom is 0.324 e. The van der Waals surface area contributed by atoms with Gasteiger partial charge in [0, 0.05) is 28.4 Å². The van der Waals surface area contributed by atoms with Gasteiger partial charge in [0.05, 0.1) is 7.11 Å². The molecular weight excluding hydrogens is 252 g/mol. The quantitative estimate of drug-likeness (QED) is 0.741. The fourth-order valence-corrected chi connectivity index (χ4v) is 2.62. The molecule has 20 heavy (non-hydrogen) atoms. The lowest BCUT2D eigenvalue weighted by atomic mass is 10.2. The van der Waals surface area contributed by atoms with Crippen molar-refractivity contribution in [2.24, 2.45) is 5.73 Å². The Labute approximate surface area is 116 Å². The summed E-state index contributed by atoms with van der Waals surface area (Å²) in [7, 11) is 1.36. The van der Waals surface area contributed by atoms with Crippen molar-refractivity contribution < 1.29 is 9.53 Å². The van der Waals surface area contributed by atoms with Crippen LogP contribution in [0.25, 0.3) is 21.8 Å². The van der Waals surface area contributed by atoms with E-state index >= 15 is 0 Å². The predicted molar refractivity (Wildman–Crippen MR) is 79.4 cm³/mol. The van der Waals surface area contributed by atoms with E-state index in [0.29, 0.717) is 6.54 Å². The van der Waals surface area contributed by atoms with Gasteiger partial charge in [-0.25, -0.2) is 0 Å². The number of carbonyl (C=O) groups is 1. The molecule has 1 heterocycles. The van der Waals surface area contributed by atoms with Gasteiger partial charge in [-0.1, -0.05) is 36.4 Å². The minimum absolute atomic E-state index is 0.396. The highest BCUT2D eigenvalue weighted by molar-refractivity contribution is 6.08. The van der Waals surface area contributed by atoms with Crippen molar-refractivity contribution in [1.29, 1.82) is 0 Å². The van der Waals surface area contributed by atoms with Crippen LogP contribution in [0.5, 0.6) is 0 Å². The first-order valence-electron chi connectivity index (χ1n) is 6.51. The second kappa shape index (κ2) is 4.98. The summed E-state index contributed by atoms with van der Waals surface area (Å²) in [5, 5.41) is 2.33. The van der Waals surface area contributed by atoms with Crippen LogP contribution < -0.4 is 5.73 Å². The molecule has 0 saturated carbocycles. The largest absolute Gasteiger partial charge is 0.468 e. The molecule has 2 aromatic carbocycles. The van der Waals surface area contributed by atoms with Gasteiger partial charge in [0.25, 0.3) is 0 Å². The molecule has 0 radical (unpaired) electrons. The summed E-state index contributed by atoms with van der Waals surface area (Å²) in [6.07, 6.45) is 0. The fourth-order valence-electron chi connectivity index (χ4n) is 2.62. The molecule has 0 bridgehead atoms. The number of nitrogens with zero attached hydrogens (tertiary/aromatic N) is 1. The third-order valence-electron chi connectivity index (χ3n) is 3.56. The Kier molecular flexibility index (Phi) is 3.16. The SMILES string of the molecule is COC(=O)C(N)Cn1c2ccccc2c2ccccc21. The maximum atomic E-state index is 11.5. The van der Waals surface area contributed by atoms with Crippen LogP contribution in [-0.2, 0) is 16.1 Å². The summed E-state index contributed by atoms with van der Waals surface area (Å²) < 4.78 is 6.78. The van der Waals surface area contributed by atoms with E-state index in [1.807, 2.05) is 36.4 Å². The van der Waals surface area contributed by atoms with Crippen molar-refractivity contribution >= 4 is 27.8 Å². The number of hydrogen-bond donors (Lipinski definition) is 1. The Bertz CT molecular complexity index is 723. The van der Waals surface area contributed by atoms with Crippen molar-refractivity contribution in [3.8, 4) is 0 Å². The second-order valence-corrected chi connectivity index (χ2v) is 4.77. The van der Waals surface area contributed by atoms with E-state index in [4.69, 9.17) is 10.5 Å². The average Bonchev–Trinajstić information content (AvgIpc) is 2.81. The zero-order chi connectivity index (χ0) is 14.1. The number of rotatable bonds is 3. The predicted octanol–water partition coefficient (Wildman–Crippen LogP) is 2.29. The highest BCUT2D eigenvalue weighted by atomic mass is 16.5. The standard InChI is InChI=1S/C16H16N2O2/c1-20-16(19)13(17)10-18-14-8-4-2-6-11(14)12-7-3-5-9-15(12)18/h2-9,13H,10,17H2,1H3. The van der Waals surface area contributed by atoms with E-state index < -0.39 is 12.0 Å². The maximum absolute atomic E-state index is 11.5. The molecule has 0 spiro atoms. The molecule has 1 atom stereocenters. The molecule has 1 unspecified atom stereocenters. The molecule has 0 saturated heterocycles. The Morgan fingerprint density at radius 3 is 2.10 bits per heavy atom. The van der Waals surface area contributed by atoms with Crippen molar-refractivity contribution in [2.75, 3.05) is 7.11 Å². The number of methoxy groups -OCH3 is 1. The van der Waals surface area contributed by atoms with E-state index in [2.05, 4.69) is 16.7 Å². The van der Waals surface area contributed by atoms with E-state index in [1.165, 1.54) is 17.9 Å². The van der Waals surface area contributed by atoms with Gasteiger partial charge in [-0.2, -0.15) is 0 Å². The Balaban J connectivity index is 2.19. The van der Waals surface area contributed by atoms with E-state index in [9.17, 15) is 4.79 Å². The molecule has 3 rings (SSSR count). The topological polar surface area (TPSA) is 57.2 Å². The smallest absolute Gasteiger partial charge is 0.324 e. The van der Waals surface area contributed by atoms with Gasteiger partial charge >= 0.3 is 5.97 Å². The number of esters is 1. The van der Waals surface area contributed by atoms with Gasteiger partial charge in [0.15, 0.2) is 0 Å². The van der Waals surface area contributed by atoms with Crippen LogP contribution in [-0.4, -0.2) is 23.7 Å².